The maximum Gasteiger partial charge on any atom is 0.330 e. The minimum atomic E-state index is -0.849. The zero-order valence-electron chi connectivity index (χ0n) is 22.3. The van der Waals surface area contributed by atoms with Gasteiger partial charge in [-0.3, -0.25) is 19.0 Å². The first kappa shape index (κ1) is 25.0. The highest BCUT2D eigenvalue weighted by molar-refractivity contribution is 5.88. The lowest BCUT2D eigenvalue weighted by Gasteiger charge is -2.36. The Morgan fingerprint density at radius 2 is 1.72 bits per heavy atom. The van der Waals surface area contributed by atoms with Crippen LogP contribution in [0.1, 0.15) is 19.4 Å². The summed E-state index contributed by atoms with van der Waals surface area (Å²) in [5.41, 5.74) is 9.46. The van der Waals surface area contributed by atoms with Gasteiger partial charge in [0.05, 0.1) is 5.60 Å². The molecule has 39 heavy (non-hydrogen) atoms. The van der Waals surface area contributed by atoms with E-state index in [-0.39, 0.29) is 11.6 Å². The normalized spacial score (nSPS) is 15.0. The van der Waals surface area contributed by atoms with Crippen molar-refractivity contribution in [1.82, 2.24) is 38.6 Å². The molecule has 3 N–H and O–H groups in total. The van der Waals surface area contributed by atoms with Gasteiger partial charge in [-0.25, -0.2) is 9.78 Å². The maximum absolute atomic E-state index is 13.3. The number of aryl methyl sites for hydroxylation is 1. The number of imidazole rings is 1. The molecule has 0 bridgehead atoms. The van der Waals surface area contributed by atoms with Crippen molar-refractivity contribution < 1.29 is 5.11 Å². The lowest BCUT2D eigenvalue weighted by atomic mass is 9.98. The zero-order chi connectivity index (χ0) is 27.3. The predicted molar refractivity (Wildman–Crippen MR) is 150 cm³/mol. The van der Waals surface area contributed by atoms with Crippen LogP contribution in [-0.2, 0) is 19.2 Å². The van der Waals surface area contributed by atoms with Gasteiger partial charge >= 0.3 is 5.69 Å². The Kier molecular flexibility index (Phi) is 6.07. The van der Waals surface area contributed by atoms with E-state index in [0.29, 0.717) is 41.4 Å². The standard InChI is InChI=1S/C27H32N10O2/c1-27(2,39)18-7-9-19(10-8-18)35-15-12-34(13-16-35)14-17-36-23-21(33(3)26(36)38)24-30-22(20-6-4-5-11-29-20)32-37(24)25(28)31-23/h4-11,39H,12-17H2,1-3H3,(H2,28,31). The Balaban J connectivity index is 1.20. The minimum absolute atomic E-state index is 0.163. The quantitative estimate of drug-likeness (QED) is 0.336. The van der Waals surface area contributed by atoms with Gasteiger partial charge in [-0.2, -0.15) is 9.50 Å². The summed E-state index contributed by atoms with van der Waals surface area (Å²) in [5, 5.41) is 14.7. The molecule has 6 rings (SSSR count). The molecule has 0 amide bonds. The summed E-state index contributed by atoms with van der Waals surface area (Å²) in [6.07, 6.45) is 1.68. The molecular formula is C27H32N10O2. The van der Waals surface area contributed by atoms with Gasteiger partial charge in [0.2, 0.25) is 11.8 Å². The van der Waals surface area contributed by atoms with Gasteiger partial charge in [0, 0.05) is 58.2 Å². The number of aromatic nitrogens is 7. The second-order valence-electron chi connectivity index (χ2n) is 10.5. The number of piperazine rings is 1. The van der Waals surface area contributed by atoms with Crippen LogP contribution in [0.15, 0.2) is 53.5 Å². The summed E-state index contributed by atoms with van der Waals surface area (Å²) in [6.45, 7) is 8.31. The fourth-order valence-electron chi connectivity index (χ4n) is 5.15. The molecule has 1 fully saturated rings. The van der Waals surface area contributed by atoms with E-state index in [1.165, 1.54) is 4.52 Å². The molecule has 0 atom stereocenters. The van der Waals surface area contributed by atoms with E-state index >= 15 is 0 Å². The molecule has 5 heterocycles. The van der Waals surface area contributed by atoms with Crippen LogP contribution in [0.3, 0.4) is 0 Å². The van der Waals surface area contributed by atoms with Crippen LogP contribution in [0.2, 0.25) is 0 Å². The van der Waals surface area contributed by atoms with Gasteiger partial charge in [0.1, 0.15) is 11.2 Å². The van der Waals surface area contributed by atoms with Crippen molar-refractivity contribution in [3.05, 3.63) is 64.7 Å². The second kappa shape index (κ2) is 9.47. The third kappa shape index (κ3) is 4.51. The molecule has 0 saturated carbocycles. The van der Waals surface area contributed by atoms with Crippen molar-refractivity contribution in [2.75, 3.05) is 43.4 Å². The molecule has 0 spiro atoms. The van der Waals surface area contributed by atoms with Gasteiger partial charge in [-0.05, 0) is 43.7 Å². The third-order valence-corrected chi connectivity index (χ3v) is 7.42. The van der Waals surface area contributed by atoms with Crippen molar-refractivity contribution in [3.63, 3.8) is 0 Å². The summed E-state index contributed by atoms with van der Waals surface area (Å²) < 4.78 is 4.69. The van der Waals surface area contributed by atoms with Crippen molar-refractivity contribution in [2.24, 2.45) is 7.05 Å². The average molecular weight is 529 g/mol. The third-order valence-electron chi connectivity index (χ3n) is 7.42. The highest BCUT2D eigenvalue weighted by atomic mass is 16.3. The van der Waals surface area contributed by atoms with Crippen molar-refractivity contribution >= 4 is 28.4 Å². The summed E-state index contributed by atoms with van der Waals surface area (Å²) >= 11 is 0. The van der Waals surface area contributed by atoms with Crippen molar-refractivity contribution in [3.8, 4) is 11.5 Å². The number of nitrogen functional groups attached to an aromatic ring is 1. The Morgan fingerprint density at radius 3 is 2.38 bits per heavy atom. The summed E-state index contributed by atoms with van der Waals surface area (Å²) in [5.74, 6) is 0.583. The maximum atomic E-state index is 13.3. The van der Waals surface area contributed by atoms with Crippen LogP contribution in [-0.4, -0.2) is 76.4 Å². The minimum Gasteiger partial charge on any atom is -0.386 e. The number of benzene rings is 1. The number of nitrogens with two attached hydrogens (primary N) is 1. The molecular weight excluding hydrogens is 496 g/mol. The van der Waals surface area contributed by atoms with Gasteiger partial charge in [0.25, 0.3) is 0 Å². The molecule has 1 aliphatic heterocycles. The van der Waals surface area contributed by atoms with E-state index in [4.69, 9.17) is 5.73 Å². The molecule has 0 aliphatic carbocycles. The summed E-state index contributed by atoms with van der Waals surface area (Å²) in [6, 6.07) is 13.6. The largest absolute Gasteiger partial charge is 0.386 e. The van der Waals surface area contributed by atoms with Gasteiger partial charge < -0.3 is 15.7 Å². The first-order chi connectivity index (χ1) is 18.7. The van der Waals surface area contributed by atoms with Gasteiger partial charge in [0.15, 0.2) is 11.3 Å². The summed E-state index contributed by atoms with van der Waals surface area (Å²) in [4.78, 5) is 31.5. The summed E-state index contributed by atoms with van der Waals surface area (Å²) in [7, 11) is 1.72. The highest BCUT2D eigenvalue weighted by Crippen LogP contribution is 2.24. The van der Waals surface area contributed by atoms with E-state index in [2.05, 4.69) is 42.0 Å². The number of aliphatic hydroxyl groups is 1. The van der Waals surface area contributed by atoms with Crippen molar-refractivity contribution in [2.45, 2.75) is 26.0 Å². The van der Waals surface area contributed by atoms with Crippen molar-refractivity contribution in [1.29, 1.82) is 0 Å². The van der Waals surface area contributed by atoms with Crippen LogP contribution >= 0.6 is 0 Å². The zero-order valence-corrected chi connectivity index (χ0v) is 22.3. The molecule has 1 aromatic carbocycles. The van der Waals surface area contributed by atoms with E-state index < -0.39 is 5.60 Å². The monoisotopic (exact) mass is 528 g/mol. The number of hydrogen-bond acceptors (Lipinski definition) is 9. The number of anilines is 2. The molecule has 5 aromatic rings. The SMILES string of the molecule is Cn1c(=O)n(CCN2CCN(c3ccc(C(C)(C)O)cc3)CC2)c2nc(N)n3nc(-c4ccccn4)nc3c21. The smallest absolute Gasteiger partial charge is 0.330 e. The topological polar surface area (TPSA) is 136 Å². The van der Waals surface area contributed by atoms with Crippen LogP contribution in [0.4, 0.5) is 11.6 Å². The fourth-order valence-corrected chi connectivity index (χ4v) is 5.15. The van der Waals surface area contributed by atoms with Gasteiger partial charge in [-0.15, -0.1) is 5.10 Å². The van der Waals surface area contributed by atoms with E-state index in [1.807, 2.05) is 30.3 Å². The lowest BCUT2D eigenvalue weighted by Crippen LogP contribution is -2.47. The number of hydrogen-bond donors (Lipinski definition) is 2. The molecule has 0 unspecified atom stereocenters. The average Bonchev–Trinajstić information content (AvgIpc) is 3.48. The Hall–Kier alpha value is -4.29. The van der Waals surface area contributed by atoms with E-state index in [9.17, 15) is 9.90 Å². The Bertz CT molecular complexity index is 1690. The number of fused-ring (bicyclic) bond motifs is 3. The number of rotatable bonds is 6. The molecule has 12 nitrogen and oxygen atoms in total. The predicted octanol–water partition coefficient (Wildman–Crippen LogP) is 1.47. The molecule has 0 radical (unpaired) electrons. The second-order valence-corrected chi connectivity index (χ2v) is 10.5. The van der Waals surface area contributed by atoms with Crippen LogP contribution < -0.4 is 16.3 Å². The molecule has 1 aliphatic rings. The Labute approximate surface area is 225 Å². The van der Waals surface area contributed by atoms with E-state index in [0.717, 1.165) is 37.4 Å². The van der Waals surface area contributed by atoms with E-state index in [1.54, 1.807) is 36.2 Å². The lowest BCUT2D eigenvalue weighted by molar-refractivity contribution is 0.0786. The Morgan fingerprint density at radius 1 is 0.974 bits per heavy atom. The first-order valence-electron chi connectivity index (χ1n) is 13.0. The first-order valence-corrected chi connectivity index (χ1v) is 13.0. The number of nitrogens with zero attached hydrogens (tertiary/aromatic N) is 9. The van der Waals surface area contributed by atoms with Crippen LogP contribution in [0.25, 0.3) is 28.3 Å². The molecule has 12 heteroatoms. The molecule has 1 saturated heterocycles. The number of pyridine rings is 1. The molecule has 202 valence electrons. The molecule has 4 aromatic heterocycles. The van der Waals surface area contributed by atoms with Crippen LogP contribution in [0, 0.1) is 0 Å². The highest BCUT2D eigenvalue weighted by Gasteiger charge is 2.23. The van der Waals surface area contributed by atoms with Crippen LogP contribution in [0.5, 0.6) is 0 Å². The van der Waals surface area contributed by atoms with Gasteiger partial charge in [-0.1, -0.05) is 18.2 Å². The fraction of sp³-hybridized carbons (Fsp3) is 0.370.